The van der Waals surface area contributed by atoms with Crippen molar-refractivity contribution in [3.63, 3.8) is 0 Å². The molecule has 3 heteroatoms. The first-order chi connectivity index (χ1) is 33.2. The van der Waals surface area contributed by atoms with Crippen molar-refractivity contribution >= 4 is 0 Å². The summed E-state index contributed by atoms with van der Waals surface area (Å²) in [4.78, 5) is 15.6. The zero-order valence-electron chi connectivity index (χ0n) is 39.6. The molecule has 3 nitrogen and oxygen atoms in total. The Labute approximate surface area is 401 Å². The van der Waals surface area contributed by atoms with E-state index in [4.69, 9.17) is 15.0 Å². The summed E-state index contributed by atoms with van der Waals surface area (Å²) in [6.07, 6.45) is 6.24. The Morgan fingerprint density at radius 1 is 0.471 bits per heavy atom. The summed E-state index contributed by atoms with van der Waals surface area (Å²) >= 11 is 0. The van der Waals surface area contributed by atoms with Crippen molar-refractivity contribution in [1.82, 2.24) is 15.0 Å². The quantitative estimate of drug-likeness (QED) is 0.143. The van der Waals surface area contributed by atoms with Gasteiger partial charge in [0.25, 0.3) is 0 Å². The van der Waals surface area contributed by atoms with Crippen LogP contribution in [-0.4, -0.2) is 15.0 Å². The van der Waals surface area contributed by atoms with Gasteiger partial charge in [-0.15, -0.1) is 0 Å². The summed E-state index contributed by atoms with van der Waals surface area (Å²) in [5, 5.41) is 0. The zero-order valence-corrected chi connectivity index (χ0v) is 39.6. The van der Waals surface area contributed by atoms with Gasteiger partial charge in [0.05, 0.1) is 5.41 Å². The molecule has 9 aromatic rings. The van der Waals surface area contributed by atoms with Gasteiger partial charge >= 0.3 is 0 Å². The van der Waals surface area contributed by atoms with Crippen molar-refractivity contribution in [3.05, 3.63) is 244 Å². The third-order valence-electron chi connectivity index (χ3n) is 15.6. The van der Waals surface area contributed by atoms with Gasteiger partial charge < -0.3 is 0 Å². The molecule has 3 aliphatic rings. The minimum Gasteiger partial charge on any atom is -0.208 e. The topological polar surface area (TPSA) is 38.7 Å². The van der Waals surface area contributed by atoms with Gasteiger partial charge in [-0.2, -0.15) is 0 Å². The monoisotopic (exact) mass is 877 g/mol. The molecule has 0 fully saturated rings. The number of hydrogen-bond donors (Lipinski definition) is 0. The van der Waals surface area contributed by atoms with E-state index in [2.05, 4.69) is 229 Å². The number of fused-ring (bicyclic) bond motifs is 6. The number of rotatable bonds is 8. The van der Waals surface area contributed by atoms with Crippen molar-refractivity contribution in [3.8, 4) is 67.5 Å². The van der Waals surface area contributed by atoms with E-state index in [1.54, 1.807) is 5.57 Å². The first-order valence-corrected chi connectivity index (χ1v) is 24.5. The van der Waals surface area contributed by atoms with Crippen LogP contribution in [0.25, 0.3) is 67.5 Å². The molecule has 3 atom stereocenters. The molecule has 0 N–H and O–H groups in total. The van der Waals surface area contributed by atoms with E-state index in [-0.39, 0.29) is 5.41 Å². The van der Waals surface area contributed by atoms with Crippen LogP contribution >= 0.6 is 0 Å². The summed E-state index contributed by atoms with van der Waals surface area (Å²) in [5.41, 5.74) is 21.5. The molecule has 0 aliphatic heterocycles. The number of aryl methyl sites for hydroxylation is 2. The van der Waals surface area contributed by atoms with Crippen LogP contribution in [-0.2, 0) is 10.8 Å². The standard InChI is InChI=1S/C65H55N3/c1-6-44-36-43(4)37-51(38-44)64(5)56-22-14-13-20-53(56)60-52(21-15-23-59(60)64)47-32-34-57-54(39-47)55-40-48(33-35-58(55)65(57,49-16-9-7-10-17-49)50-18-11-8-12-19-50)63-67-61(45-28-24-41(2)25-29-45)66-62(68-63)46-30-26-42(3)27-31-46/h7-35,37,39-40,43-44H,6,36,38H2,1-5H3. The van der Waals surface area contributed by atoms with Gasteiger partial charge in [0.2, 0.25) is 0 Å². The second-order valence-corrected chi connectivity index (χ2v) is 19.8. The van der Waals surface area contributed by atoms with Crippen molar-refractivity contribution in [2.24, 2.45) is 11.8 Å². The van der Waals surface area contributed by atoms with Gasteiger partial charge in [0.15, 0.2) is 17.5 Å². The normalized spacial score (nSPS) is 18.6. The van der Waals surface area contributed by atoms with E-state index >= 15 is 0 Å². The van der Waals surface area contributed by atoms with Gasteiger partial charge in [-0.1, -0.05) is 219 Å². The van der Waals surface area contributed by atoms with Crippen molar-refractivity contribution < 1.29 is 0 Å². The van der Waals surface area contributed by atoms with Crippen molar-refractivity contribution in [1.29, 1.82) is 0 Å². The molecule has 3 unspecified atom stereocenters. The molecule has 1 heterocycles. The highest BCUT2D eigenvalue weighted by molar-refractivity contribution is 5.97. The maximum Gasteiger partial charge on any atom is 0.164 e. The fourth-order valence-electron chi connectivity index (χ4n) is 12.2. The smallest absolute Gasteiger partial charge is 0.164 e. The molecular formula is C65H55N3. The Morgan fingerprint density at radius 3 is 1.54 bits per heavy atom. The molecule has 12 rings (SSSR count). The predicted molar refractivity (Wildman–Crippen MR) is 281 cm³/mol. The van der Waals surface area contributed by atoms with E-state index in [0.29, 0.717) is 29.3 Å². The lowest BCUT2D eigenvalue weighted by Crippen LogP contribution is -2.28. The predicted octanol–water partition coefficient (Wildman–Crippen LogP) is 16.2. The zero-order chi connectivity index (χ0) is 46.1. The number of nitrogens with zero attached hydrogens (tertiary/aromatic N) is 3. The third-order valence-corrected chi connectivity index (χ3v) is 15.6. The maximum atomic E-state index is 5.25. The first-order valence-electron chi connectivity index (χ1n) is 24.5. The first kappa shape index (κ1) is 41.9. The van der Waals surface area contributed by atoms with Crippen LogP contribution in [0.2, 0.25) is 0 Å². The Bertz CT molecular complexity index is 3320. The molecule has 0 amide bonds. The largest absolute Gasteiger partial charge is 0.208 e. The molecule has 68 heavy (non-hydrogen) atoms. The second kappa shape index (κ2) is 16.4. The molecule has 0 bridgehead atoms. The lowest BCUT2D eigenvalue weighted by atomic mass is 9.66. The number of allylic oxidation sites excluding steroid dienone is 2. The second-order valence-electron chi connectivity index (χ2n) is 19.8. The Balaban J connectivity index is 1.09. The highest BCUT2D eigenvalue weighted by Gasteiger charge is 2.47. The lowest BCUT2D eigenvalue weighted by molar-refractivity contribution is 0.373. The Hall–Kier alpha value is -7.49. The van der Waals surface area contributed by atoms with Gasteiger partial charge in [-0.05, 0) is 124 Å². The van der Waals surface area contributed by atoms with Crippen LogP contribution in [0, 0.1) is 25.7 Å². The minimum atomic E-state index is -0.562. The van der Waals surface area contributed by atoms with Gasteiger partial charge in [0, 0.05) is 22.1 Å². The third kappa shape index (κ3) is 6.58. The fraction of sp³-hybridized carbons (Fsp3) is 0.185. The van der Waals surface area contributed by atoms with Crippen molar-refractivity contribution in [2.45, 2.75) is 64.7 Å². The number of aromatic nitrogens is 3. The molecule has 8 aromatic carbocycles. The molecule has 0 spiro atoms. The van der Waals surface area contributed by atoms with Gasteiger partial charge in [0.1, 0.15) is 0 Å². The van der Waals surface area contributed by atoms with E-state index < -0.39 is 5.41 Å². The average molecular weight is 878 g/mol. The SMILES string of the molecule is CCC1CC(C2(C)c3ccccc3-c3c(-c4ccc5c(c4)-c4cc(-c6nc(-c7ccc(C)cc7)nc(-c7ccc(C)cc7)n6)ccc4C5(c4ccccc4)c4ccccc4)cccc32)=CC(C)C1. The van der Waals surface area contributed by atoms with Gasteiger partial charge in [-0.3, -0.25) is 0 Å². The lowest BCUT2D eigenvalue weighted by Gasteiger charge is -2.37. The summed E-state index contributed by atoms with van der Waals surface area (Å²) in [6.45, 7) is 11.5. The number of hydrogen-bond acceptors (Lipinski definition) is 3. The summed E-state index contributed by atoms with van der Waals surface area (Å²) in [5.74, 6) is 3.24. The number of benzene rings is 8. The van der Waals surface area contributed by atoms with Gasteiger partial charge in [-0.25, -0.2) is 15.0 Å². The highest BCUT2D eigenvalue weighted by atomic mass is 15.0. The van der Waals surface area contributed by atoms with E-state index in [1.165, 1.54) is 90.7 Å². The summed E-state index contributed by atoms with van der Waals surface area (Å²) < 4.78 is 0. The Morgan fingerprint density at radius 2 is 0.956 bits per heavy atom. The van der Waals surface area contributed by atoms with Crippen molar-refractivity contribution in [2.75, 3.05) is 0 Å². The van der Waals surface area contributed by atoms with E-state index in [9.17, 15) is 0 Å². The molecule has 1 aromatic heterocycles. The van der Waals surface area contributed by atoms with Crippen LogP contribution < -0.4 is 0 Å². The van der Waals surface area contributed by atoms with Crippen LogP contribution in [0.3, 0.4) is 0 Å². The molecule has 3 aliphatic carbocycles. The van der Waals surface area contributed by atoms with Crippen LogP contribution in [0.15, 0.2) is 200 Å². The average Bonchev–Trinajstić information content (AvgIpc) is 3.83. The molecule has 0 radical (unpaired) electrons. The summed E-state index contributed by atoms with van der Waals surface area (Å²) in [6, 6.07) is 69.6. The molecule has 0 saturated heterocycles. The Kier molecular flexibility index (Phi) is 10.1. The van der Waals surface area contributed by atoms with Crippen LogP contribution in [0.4, 0.5) is 0 Å². The molecular weight excluding hydrogens is 823 g/mol. The van der Waals surface area contributed by atoms with E-state index in [1.807, 2.05) is 0 Å². The highest BCUT2D eigenvalue weighted by Crippen LogP contribution is 2.60. The minimum absolute atomic E-state index is 0.197. The van der Waals surface area contributed by atoms with Crippen LogP contribution in [0.1, 0.15) is 84.5 Å². The maximum absolute atomic E-state index is 5.25. The fourth-order valence-corrected chi connectivity index (χ4v) is 12.2. The molecule has 330 valence electrons. The van der Waals surface area contributed by atoms with Crippen LogP contribution in [0.5, 0.6) is 0 Å². The summed E-state index contributed by atoms with van der Waals surface area (Å²) in [7, 11) is 0. The van der Waals surface area contributed by atoms with E-state index in [0.717, 1.165) is 23.1 Å². The molecule has 0 saturated carbocycles.